The molecule has 1 aliphatic rings. The first-order chi connectivity index (χ1) is 9.48. The van der Waals surface area contributed by atoms with Crippen LogP contribution in [0.1, 0.15) is 35.9 Å². The van der Waals surface area contributed by atoms with E-state index >= 15 is 0 Å². The Bertz CT molecular complexity index is 657. The number of fused-ring (bicyclic) bond motifs is 1. The van der Waals surface area contributed by atoms with Crippen molar-refractivity contribution >= 4 is 16.9 Å². The highest BCUT2D eigenvalue weighted by Crippen LogP contribution is 2.28. The third kappa shape index (κ3) is 2.20. The molecule has 3 rings (SSSR count). The van der Waals surface area contributed by atoms with E-state index in [9.17, 15) is 9.90 Å². The smallest absolute Gasteiger partial charge is 0.289 e. The first kappa shape index (κ1) is 13.2. The number of hydrogen-bond acceptors (Lipinski definition) is 3. The van der Waals surface area contributed by atoms with Gasteiger partial charge in [-0.25, -0.2) is 0 Å². The van der Waals surface area contributed by atoms with Gasteiger partial charge in [0.25, 0.3) is 5.91 Å². The molecule has 1 aromatic heterocycles. The molecule has 106 valence electrons. The summed E-state index contributed by atoms with van der Waals surface area (Å²) in [5.41, 5.74) is 0.807. The van der Waals surface area contributed by atoms with Gasteiger partial charge in [0.1, 0.15) is 5.58 Å². The molecule has 1 atom stereocenters. The van der Waals surface area contributed by atoms with Gasteiger partial charge in [0.2, 0.25) is 0 Å². The standard InChI is InChI=1S/C16H19NO3/c1-11-12-6-3-4-7-13(12)20-14(11)15(18)17-9-5-8-16(2,19)10-17/h3-4,6-7,19H,5,8-10H2,1-2H3. The number of amides is 1. The van der Waals surface area contributed by atoms with Gasteiger partial charge in [-0.2, -0.15) is 0 Å². The third-order valence-electron chi connectivity index (χ3n) is 4.00. The van der Waals surface area contributed by atoms with Gasteiger partial charge in [-0.05, 0) is 32.8 Å². The number of aryl methyl sites for hydroxylation is 1. The highest BCUT2D eigenvalue weighted by Gasteiger charge is 2.33. The third-order valence-corrected chi connectivity index (χ3v) is 4.00. The number of benzene rings is 1. The fraction of sp³-hybridized carbons (Fsp3) is 0.438. The van der Waals surface area contributed by atoms with Gasteiger partial charge in [0.05, 0.1) is 5.60 Å². The Kier molecular flexibility index (Phi) is 3.05. The van der Waals surface area contributed by atoms with E-state index in [1.54, 1.807) is 11.8 Å². The Morgan fingerprint density at radius 3 is 2.85 bits per heavy atom. The monoisotopic (exact) mass is 273 g/mol. The minimum Gasteiger partial charge on any atom is -0.451 e. The molecule has 1 unspecified atom stereocenters. The van der Waals surface area contributed by atoms with Gasteiger partial charge < -0.3 is 14.4 Å². The lowest BCUT2D eigenvalue weighted by Crippen LogP contribution is -2.48. The summed E-state index contributed by atoms with van der Waals surface area (Å²) in [5.74, 6) is 0.266. The number of aliphatic hydroxyl groups is 1. The van der Waals surface area contributed by atoms with E-state index in [4.69, 9.17) is 4.42 Å². The van der Waals surface area contributed by atoms with Crippen LogP contribution in [0.15, 0.2) is 28.7 Å². The van der Waals surface area contributed by atoms with Crippen molar-refractivity contribution < 1.29 is 14.3 Å². The number of hydrogen-bond donors (Lipinski definition) is 1. The Morgan fingerprint density at radius 1 is 1.40 bits per heavy atom. The zero-order valence-electron chi connectivity index (χ0n) is 11.8. The second-order valence-electron chi connectivity index (χ2n) is 5.88. The summed E-state index contributed by atoms with van der Waals surface area (Å²) in [6.45, 7) is 4.72. The predicted octanol–water partition coefficient (Wildman–Crippen LogP) is 2.73. The van der Waals surface area contributed by atoms with Crippen LogP contribution in [-0.2, 0) is 0 Å². The number of carbonyl (C=O) groups is 1. The minimum atomic E-state index is -0.798. The fourth-order valence-electron chi connectivity index (χ4n) is 2.92. The maximum atomic E-state index is 12.6. The van der Waals surface area contributed by atoms with E-state index in [0.717, 1.165) is 29.4 Å². The van der Waals surface area contributed by atoms with Crippen molar-refractivity contribution in [1.29, 1.82) is 0 Å². The highest BCUT2D eigenvalue weighted by atomic mass is 16.3. The summed E-state index contributed by atoms with van der Waals surface area (Å²) in [7, 11) is 0. The number of likely N-dealkylation sites (tertiary alicyclic amines) is 1. The van der Waals surface area contributed by atoms with Crippen molar-refractivity contribution in [3.05, 3.63) is 35.6 Å². The van der Waals surface area contributed by atoms with Crippen LogP contribution >= 0.6 is 0 Å². The molecule has 20 heavy (non-hydrogen) atoms. The molecule has 0 saturated carbocycles. The molecular formula is C16H19NO3. The molecule has 0 spiro atoms. The van der Waals surface area contributed by atoms with Gasteiger partial charge in [0.15, 0.2) is 5.76 Å². The number of β-amino-alcohol motifs (C(OH)–C–C–N with tert-alkyl or cyclic N) is 1. The Morgan fingerprint density at radius 2 is 2.15 bits per heavy atom. The molecule has 0 radical (unpaired) electrons. The summed E-state index contributed by atoms with van der Waals surface area (Å²) in [6, 6.07) is 7.65. The summed E-state index contributed by atoms with van der Waals surface area (Å²) in [4.78, 5) is 14.3. The van der Waals surface area contributed by atoms with Gasteiger partial charge in [-0.15, -0.1) is 0 Å². The van der Waals surface area contributed by atoms with Crippen LogP contribution in [0.2, 0.25) is 0 Å². The molecule has 0 bridgehead atoms. The summed E-state index contributed by atoms with van der Waals surface area (Å²) in [6.07, 6.45) is 1.55. The topological polar surface area (TPSA) is 53.7 Å². The van der Waals surface area contributed by atoms with Crippen molar-refractivity contribution in [2.45, 2.75) is 32.3 Å². The average molecular weight is 273 g/mol. The van der Waals surface area contributed by atoms with E-state index in [2.05, 4.69) is 0 Å². The van der Waals surface area contributed by atoms with Crippen molar-refractivity contribution in [2.24, 2.45) is 0 Å². The second-order valence-corrected chi connectivity index (χ2v) is 5.88. The van der Waals surface area contributed by atoms with E-state index in [-0.39, 0.29) is 5.91 Å². The maximum absolute atomic E-state index is 12.6. The summed E-state index contributed by atoms with van der Waals surface area (Å²) < 4.78 is 5.71. The van der Waals surface area contributed by atoms with E-state index < -0.39 is 5.60 Å². The van der Waals surface area contributed by atoms with Crippen LogP contribution in [-0.4, -0.2) is 34.6 Å². The molecule has 1 fully saturated rings. The molecule has 0 aliphatic carbocycles. The molecular weight excluding hydrogens is 254 g/mol. The van der Waals surface area contributed by atoms with E-state index in [1.165, 1.54) is 0 Å². The average Bonchev–Trinajstić information content (AvgIpc) is 2.75. The Hall–Kier alpha value is -1.81. The molecule has 4 nitrogen and oxygen atoms in total. The number of piperidine rings is 1. The van der Waals surface area contributed by atoms with Gasteiger partial charge in [-0.3, -0.25) is 4.79 Å². The molecule has 4 heteroatoms. The Labute approximate surface area is 118 Å². The SMILES string of the molecule is Cc1c(C(=O)N2CCCC(C)(O)C2)oc2ccccc12. The molecule has 1 saturated heterocycles. The highest BCUT2D eigenvalue weighted by molar-refractivity contribution is 5.99. The molecule has 1 amide bonds. The molecule has 2 heterocycles. The lowest BCUT2D eigenvalue weighted by Gasteiger charge is -2.36. The lowest BCUT2D eigenvalue weighted by molar-refractivity contribution is -0.0117. The fourth-order valence-corrected chi connectivity index (χ4v) is 2.92. The van der Waals surface area contributed by atoms with Crippen molar-refractivity contribution in [2.75, 3.05) is 13.1 Å². The van der Waals surface area contributed by atoms with Crippen molar-refractivity contribution in [3.8, 4) is 0 Å². The number of rotatable bonds is 1. The van der Waals surface area contributed by atoms with Crippen molar-refractivity contribution in [3.63, 3.8) is 0 Å². The molecule has 1 aromatic carbocycles. The van der Waals surface area contributed by atoms with Gasteiger partial charge in [-0.1, -0.05) is 18.2 Å². The maximum Gasteiger partial charge on any atom is 0.289 e. The number of nitrogens with zero attached hydrogens (tertiary/aromatic N) is 1. The van der Waals surface area contributed by atoms with Crippen LogP contribution in [0.5, 0.6) is 0 Å². The largest absolute Gasteiger partial charge is 0.451 e. The lowest BCUT2D eigenvalue weighted by atomic mass is 9.95. The number of para-hydroxylation sites is 1. The first-order valence-electron chi connectivity index (χ1n) is 6.98. The van der Waals surface area contributed by atoms with Crippen LogP contribution in [0.4, 0.5) is 0 Å². The quantitative estimate of drug-likeness (QED) is 0.869. The van der Waals surface area contributed by atoms with Crippen LogP contribution in [0.3, 0.4) is 0 Å². The molecule has 1 N–H and O–H groups in total. The first-order valence-corrected chi connectivity index (χ1v) is 6.98. The summed E-state index contributed by atoms with van der Waals surface area (Å²) in [5, 5.41) is 11.1. The predicted molar refractivity (Wildman–Crippen MR) is 76.7 cm³/mol. The number of carbonyl (C=O) groups excluding carboxylic acids is 1. The molecule has 2 aromatic rings. The van der Waals surface area contributed by atoms with Crippen LogP contribution in [0, 0.1) is 6.92 Å². The summed E-state index contributed by atoms with van der Waals surface area (Å²) >= 11 is 0. The van der Waals surface area contributed by atoms with Gasteiger partial charge >= 0.3 is 0 Å². The van der Waals surface area contributed by atoms with Crippen LogP contribution < -0.4 is 0 Å². The zero-order chi connectivity index (χ0) is 14.3. The number of furan rings is 1. The van der Waals surface area contributed by atoms with Crippen LogP contribution in [0.25, 0.3) is 11.0 Å². The molecule has 1 aliphatic heterocycles. The van der Waals surface area contributed by atoms with Gasteiger partial charge in [0, 0.05) is 24.0 Å². The second kappa shape index (κ2) is 4.63. The van der Waals surface area contributed by atoms with E-state index in [1.807, 2.05) is 31.2 Å². The zero-order valence-corrected chi connectivity index (χ0v) is 11.8. The normalized spacial score (nSPS) is 23.2. The Balaban J connectivity index is 1.94. The minimum absolute atomic E-state index is 0.126. The van der Waals surface area contributed by atoms with Crippen molar-refractivity contribution in [1.82, 2.24) is 4.90 Å². The van der Waals surface area contributed by atoms with E-state index in [0.29, 0.717) is 18.8 Å².